The third kappa shape index (κ3) is 1.43. The number of nitrogens with zero attached hydrogens (tertiary/aromatic N) is 1. The fourth-order valence-electron chi connectivity index (χ4n) is 2.46. The molecule has 1 fully saturated rings. The van der Waals surface area contributed by atoms with Crippen molar-refractivity contribution in [1.82, 2.24) is 0 Å². The first-order valence-corrected chi connectivity index (χ1v) is 5.66. The maximum Gasteiger partial charge on any atom is 0.136 e. The smallest absolute Gasteiger partial charge is 0.136 e. The van der Waals surface area contributed by atoms with Crippen LogP contribution in [0.4, 0.5) is 0 Å². The summed E-state index contributed by atoms with van der Waals surface area (Å²) in [7, 11) is 0. The Labute approximate surface area is 99.5 Å². The number of Topliss-reactive ketones (excluding diaryl/α,β-unsaturated/α-hetero) is 1. The molecule has 1 aliphatic rings. The Hall–Kier alpha value is -2.14. The molecule has 2 heteroatoms. The van der Waals surface area contributed by atoms with Crippen molar-refractivity contribution in [2.45, 2.75) is 18.3 Å². The Morgan fingerprint density at radius 1 is 1.06 bits per heavy atom. The SMILES string of the molecule is N#CC1(c2ccc3ccccc3c2)CC(=O)C1. The number of carbonyl (C=O) groups excluding carboxylic acids is 1. The molecule has 0 amide bonds. The van der Waals surface area contributed by atoms with Gasteiger partial charge < -0.3 is 0 Å². The standard InChI is InChI=1S/C15H11NO/c16-10-15(8-14(17)9-15)13-6-5-11-3-1-2-4-12(11)7-13/h1-7H,8-9H2. The van der Waals surface area contributed by atoms with Crippen LogP contribution in [-0.2, 0) is 10.2 Å². The molecule has 0 aliphatic heterocycles. The van der Waals surface area contributed by atoms with Gasteiger partial charge in [0.1, 0.15) is 5.78 Å². The summed E-state index contributed by atoms with van der Waals surface area (Å²) >= 11 is 0. The van der Waals surface area contributed by atoms with Crippen molar-refractivity contribution < 1.29 is 4.79 Å². The summed E-state index contributed by atoms with van der Waals surface area (Å²) in [5.74, 6) is 0.180. The van der Waals surface area contributed by atoms with Gasteiger partial charge in [-0.2, -0.15) is 5.26 Å². The topological polar surface area (TPSA) is 40.9 Å². The molecule has 0 radical (unpaired) electrons. The summed E-state index contributed by atoms with van der Waals surface area (Å²) in [5, 5.41) is 11.6. The van der Waals surface area contributed by atoms with Crippen LogP contribution in [0.15, 0.2) is 42.5 Å². The first-order chi connectivity index (χ1) is 8.23. The maximum absolute atomic E-state index is 11.2. The predicted molar refractivity (Wildman–Crippen MR) is 65.5 cm³/mol. The second kappa shape index (κ2) is 3.43. The minimum absolute atomic E-state index is 0.180. The Kier molecular flexibility index (Phi) is 2.02. The van der Waals surface area contributed by atoms with Crippen LogP contribution >= 0.6 is 0 Å². The summed E-state index contributed by atoms with van der Waals surface area (Å²) in [6, 6.07) is 16.4. The Bertz CT molecular complexity index is 643. The quantitative estimate of drug-likeness (QED) is 0.742. The highest BCUT2D eigenvalue weighted by atomic mass is 16.1. The van der Waals surface area contributed by atoms with Crippen LogP contribution in [0.3, 0.4) is 0 Å². The van der Waals surface area contributed by atoms with Crippen molar-refractivity contribution >= 4 is 16.6 Å². The fourth-order valence-corrected chi connectivity index (χ4v) is 2.46. The van der Waals surface area contributed by atoms with Crippen molar-refractivity contribution in [3.8, 4) is 6.07 Å². The van der Waals surface area contributed by atoms with E-state index in [9.17, 15) is 10.1 Å². The van der Waals surface area contributed by atoms with Crippen LogP contribution in [0.1, 0.15) is 18.4 Å². The zero-order valence-electron chi connectivity index (χ0n) is 9.31. The largest absolute Gasteiger partial charge is 0.300 e. The van der Waals surface area contributed by atoms with Crippen LogP contribution in [0, 0.1) is 11.3 Å². The molecule has 0 aromatic heterocycles. The minimum Gasteiger partial charge on any atom is -0.300 e. The first-order valence-electron chi connectivity index (χ1n) is 5.66. The van der Waals surface area contributed by atoms with Crippen molar-refractivity contribution in [1.29, 1.82) is 5.26 Å². The number of carbonyl (C=O) groups is 1. The predicted octanol–water partition coefficient (Wildman–Crippen LogP) is 2.96. The number of ketones is 1. The Morgan fingerprint density at radius 2 is 1.76 bits per heavy atom. The fraction of sp³-hybridized carbons (Fsp3) is 0.200. The molecule has 2 aromatic rings. The van der Waals surface area contributed by atoms with Gasteiger partial charge in [-0.05, 0) is 22.4 Å². The van der Waals surface area contributed by atoms with Gasteiger partial charge in [0.15, 0.2) is 0 Å². The van der Waals surface area contributed by atoms with E-state index >= 15 is 0 Å². The van der Waals surface area contributed by atoms with Crippen molar-refractivity contribution in [2.75, 3.05) is 0 Å². The lowest BCUT2D eigenvalue weighted by atomic mass is 9.64. The molecule has 0 saturated heterocycles. The van der Waals surface area contributed by atoms with Gasteiger partial charge in [-0.15, -0.1) is 0 Å². The third-order valence-electron chi connectivity index (χ3n) is 3.51. The van der Waals surface area contributed by atoms with Gasteiger partial charge in [-0.25, -0.2) is 0 Å². The molecule has 0 bridgehead atoms. The third-order valence-corrected chi connectivity index (χ3v) is 3.51. The summed E-state index contributed by atoms with van der Waals surface area (Å²) in [6.07, 6.45) is 0.726. The van der Waals surface area contributed by atoms with E-state index in [0.717, 1.165) is 16.3 Å². The molecular formula is C15H11NO. The lowest BCUT2D eigenvalue weighted by Gasteiger charge is -2.34. The van der Waals surface area contributed by atoms with Gasteiger partial charge in [0, 0.05) is 12.8 Å². The average molecular weight is 221 g/mol. The van der Waals surface area contributed by atoms with Crippen molar-refractivity contribution in [2.24, 2.45) is 0 Å². The van der Waals surface area contributed by atoms with Crippen LogP contribution in [-0.4, -0.2) is 5.78 Å². The molecule has 3 rings (SSSR count). The van der Waals surface area contributed by atoms with E-state index < -0.39 is 5.41 Å². The molecular weight excluding hydrogens is 210 g/mol. The first kappa shape index (κ1) is 10.0. The molecule has 0 N–H and O–H groups in total. The van der Waals surface area contributed by atoms with Gasteiger partial charge in [0.05, 0.1) is 11.5 Å². The van der Waals surface area contributed by atoms with Gasteiger partial charge in [0.2, 0.25) is 0 Å². The van der Waals surface area contributed by atoms with E-state index in [2.05, 4.69) is 6.07 Å². The van der Waals surface area contributed by atoms with Gasteiger partial charge in [0.25, 0.3) is 0 Å². The summed E-state index contributed by atoms with van der Waals surface area (Å²) < 4.78 is 0. The van der Waals surface area contributed by atoms with E-state index in [0.29, 0.717) is 12.8 Å². The summed E-state index contributed by atoms with van der Waals surface area (Å²) in [5.41, 5.74) is 0.402. The molecule has 1 aliphatic carbocycles. The van der Waals surface area contributed by atoms with Crippen LogP contribution in [0.5, 0.6) is 0 Å². The van der Waals surface area contributed by atoms with E-state index in [1.54, 1.807) is 0 Å². The average Bonchev–Trinajstić information content (AvgIpc) is 2.34. The van der Waals surface area contributed by atoms with E-state index in [1.165, 1.54) is 0 Å². The number of hydrogen-bond acceptors (Lipinski definition) is 2. The highest BCUT2D eigenvalue weighted by Gasteiger charge is 2.45. The number of nitriles is 1. The van der Waals surface area contributed by atoms with Crippen molar-refractivity contribution in [3.05, 3.63) is 48.0 Å². The molecule has 0 atom stereocenters. The highest BCUT2D eigenvalue weighted by Crippen LogP contribution is 2.41. The Balaban J connectivity index is 2.13. The second-order valence-corrected chi connectivity index (χ2v) is 4.65. The number of benzene rings is 2. The molecule has 0 unspecified atom stereocenters. The molecule has 0 spiro atoms. The Morgan fingerprint density at radius 3 is 2.41 bits per heavy atom. The lowest BCUT2D eigenvalue weighted by molar-refractivity contribution is -0.126. The van der Waals surface area contributed by atoms with Crippen molar-refractivity contribution in [3.63, 3.8) is 0 Å². The van der Waals surface area contributed by atoms with Crippen LogP contribution in [0.25, 0.3) is 10.8 Å². The maximum atomic E-state index is 11.2. The number of hydrogen-bond donors (Lipinski definition) is 0. The molecule has 2 nitrogen and oxygen atoms in total. The number of rotatable bonds is 1. The molecule has 17 heavy (non-hydrogen) atoms. The molecule has 1 saturated carbocycles. The molecule has 0 heterocycles. The normalized spacial score (nSPS) is 17.5. The zero-order valence-corrected chi connectivity index (χ0v) is 9.31. The van der Waals surface area contributed by atoms with E-state index in [-0.39, 0.29) is 5.78 Å². The van der Waals surface area contributed by atoms with Crippen LogP contribution < -0.4 is 0 Å². The van der Waals surface area contributed by atoms with E-state index in [1.807, 2.05) is 42.5 Å². The van der Waals surface area contributed by atoms with Gasteiger partial charge in [-0.3, -0.25) is 4.79 Å². The lowest BCUT2D eigenvalue weighted by Crippen LogP contribution is -2.40. The summed E-state index contributed by atoms with van der Waals surface area (Å²) in [4.78, 5) is 11.2. The van der Waals surface area contributed by atoms with Crippen LogP contribution in [0.2, 0.25) is 0 Å². The molecule has 2 aromatic carbocycles. The second-order valence-electron chi connectivity index (χ2n) is 4.65. The van der Waals surface area contributed by atoms with E-state index in [4.69, 9.17) is 0 Å². The van der Waals surface area contributed by atoms with Gasteiger partial charge in [-0.1, -0.05) is 36.4 Å². The zero-order chi connectivity index (χ0) is 11.9. The monoisotopic (exact) mass is 221 g/mol. The van der Waals surface area contributed by atoms with Gasteiger partial charge >= 0.3 is 0 Å². The summed E-state index contributed by atoms with van der Waals surface area (Å²) in [6.45, 7) is 0. The minimum atomic E-state index is -0.568. The number of fused-ring (bicyclic) bond motifs is 1. The highest BCUT2D eigenvalue weighted by molar-refractivity contribution is 5.91. The molecule has 82 valence electrons.